The Morgan fingerprint density at radius 3 is 2.30 bits per heavy atom. The van der Waals surface area contributed by atoms with Gasteiger partial charge in [0.05, 0.1) is 16.1 Å². The number of allylic oxidation sites excluding steroid dienone is 5. The van der Waals surface area contributed by atoms with Crippen LogP contribution in [0.15, 0.2) is 57.8 Å². The van der Waals surface area contributed by atoms with Crippen LogP contribution < -0.4 is 10.6 Å². The molecular formula is C32H35ClF5N5O2S. The summed E-state index contributed by atoms with van der Waals surface area (Å²) in [5, 5.41) is -0.513. The van der Waals surface area contributed by atoms with Crippen LogP contribution in [0.1, 0.15) is 44.7 Å². The van der Waals surface area contributed by atoms with Crippen molar-refractivity contribution in [1.82, 2.24) is 19.4 Å². The van der Waals surface area contributed by atoms with Crippen LogP contribution in [0, 0.1) is 0 Å². The van der Waals surface area contributed by atoms with Crippen molar-refractivity contribution in [2.45, 2.75) is 69.4 Å². The molecule has 4 heterocycles. The van der Waals surface area contributed by atoms with Gasteiger partial charge in [0.15, 0.2) is 0 Å². The number of nitrogens with zero attached hydrogens (tertiary/aromatic N) is 5. The lowest BCUT2D eigenvalue weighted by atomic mass is 9.94. The Labute approximate surface area is 273 Å². The minimum absolute atomic E-state index is 0.0138. The quantitative estimate of drug-likeness (QED) is 0.188. The molecule has 1 aromatic carbocycles. The standard InChI is InChI=1S/C32H35ClF5N5O2S/c1-6-26(44)43-17(2)13-41(14-18(43)3)30-23-11-24(32(36,37)38)27(22(19(4)34)12-25(33)20(5)35)29-28(23)42(31(45)39-30)15-21(16-46-29)40-9-7-8-10-40/h6,11-12,17-18,21H,1,4,7-10,13-16H2,2-3,5H3/b22-12+,25-20-/t17-,18+,21-/m0/s1. The van der Waals surface area contributed by atoms with Crippen molar-refractivity contribution < 1.29 is 26.7 Å². The number of hydrogen-bond acceptors (Lipinski definition) is 6. The number of thioether (sulfide) groups is 1. The molecule has 3 aliphatic heterocycles. The molecule has 0 bridgehead atoms. The number of halogens is 6. The van der Waals surface area contributed by atoms with Crippen molar-refractivity contribution in [2.24, 2.45) is 0 Å². The van der Waals surface area contributed by atoms with Gasteiger partial charge in [-0.3, -0.25) is 14.3 Å². The van der Waals surface area contributed by atoms with Crippen molar-refractivity contribution in [1.29, 1.82) is 0 Å². The van der Waals surface area contributed by atoms with Gasteiger partial charge in [0.1, 0.15) is 17.5 Å². The Bertz CT molecular complexity index is 1700. The van der Waals surface area contributed by atoms with Gasteiger partial charge in [0, 0.05) is 64.9 Å². The third-order valence-corrected chi connectivity index (χ3v) is 10.4. The van der Waals surface area contributed by atoms with E-state index in [0.717, 1.165) is 56.8 Å². The molecular weight excluding hydrogens is 649 g/mol. The lowest BCUT2D eigenvalue weighted by Crippen LogP contribution is -2.58. The number of carbonyl (C=O) groups is 1. The minimum Gasteiger partial charge on any atom is -0.352 e. The van der Waals surface area contributed by atoms with E-state index in [4.69, 9.17) is 11.6 Å². The van der Waals surface area contributed by atoms with Crippen LogP contribution in [-0.2, 0) is 17.5 Å². The highest BCUT2D eigenvalue weighted by molar-refractivity contribution is 7.99. The first-order valence-corrected chi connectivity index (χ1v) is 16.3. The van der Waals surface area contributed by atoms with E-state index in [1.54, 1.807) is 23.6 Å². The van der Waals surface area contributed by atoms with E-state index in [1.165, 1.54) is 10.6 Å². The molecule has 0 aliphatic carbocycles. The number of anilines is 1. The van der Waals surface area contributed by atoms with Gasteiger partial charge in [-0.05, 0) is 64.9 Å². The minimum atomic E-state index is -5.00. The van der Waals surface area contributed by atoms with Crippen molar-refractivity contribution in [3.05, 3.63) is 69.7 Å². The monoisotopic (exact) mass is 683 g/mol. The highest BCUT2D eigenvalue weighted by Gasteiger charge is 2.41. The molecule has 0 saturated carbocycles. The number of piperazine rings is 1. The van der Waals surface area contributed by atoms with Gasteiger partial charge in [0.2, 0.25) is 5.91 Å². The molecule has 0 N–H and O–H groups in total. The van der Waals surface area contributed by atoms with E-state index in [-0.39, 0.29) is 65.3 Å². The Balaban J connectivity index is 1.84. The van der Waals surface area contributed by atoms with E-state index in [1.807, 2.05) is 0 Å². The molecule has 14 heteroatoms. The zero-order valence-corrected chi connectivity index (χ0v) is 27.3. The molecule has 2 aromatic rings. The summed E-state index contributed by atoms with van der Waals surface area (Å²) in [6, 6.07) is -0.0691. The Morgan fingerprint density at radius 1 is 1.13 bits per heavy atom. The molecule has 46 heavy (non-hydrogen) atoms. The number of rotatable bonds is 6. The molecule has 248 valence electrons. The Kier molecular flexibility index (Phi) is 9.77. The zero-order chi connectivity index (χ0) is 33.7. The van der Waals surface area contributed by atoms with Crippen LogP contribution in [0.3, 0.4) is 0 Å². The molecule has 0 radical (unpaired) electrons. The van der Waals surface area contributed by atoms with E-state index in [0.29, 0.717) is 5.75 Å². The van der Waals surface area contributed by atoms with Gasteiger partial charge in [-0.15, -0.1) is 11.8 Å². The van der Waals surface area contributed by atoms with E-state index in [2.05, 4.69) is 23.0 Å². The largest absolute Gasteiger partial charge is 0.417 e. The summed E-state index contributed by atoms with van der Waals surface area (Å²) in [5.41, 5.74) is -2.86. The Hall–Kier alpha value is -3.16. The number of alkyl halides is 3. The molecule has 5 rings (SSSR count). The maximum absolute atomic E-state index is 15.2. The SMILES string of the molecule is C=CC(=O)N1[C@H](C)CN(c2nc(=O)n3c4c(c(/C(=C/C(Cl)=C(\C)F)C(=C)F)c(C(F)(F)F)cc24)SC[C@@H](N2CCCC2)C3)C[C@@H]1C. The summed E-state index contributed by atoms with van der Waals surface area (Å²) in [5.74, 6) is -2.08. The first-order valence-electron chi connectivity index (χ1n) is 15.0. The fraction of sp³-hybridized carbons (Fsp3) is 0.469. The van der Waals surface area contributed by atoms with Gasteiger partial charge in [-0.1, -0.05) is 24.8 Å². The predicted octanol–water partition coefficient (Wildman–Crippen LogP) is 6.90. The molecule has 2 fully saturated rings. The summed E-state index contributed by atoms with van der Waals surface area (Å²) in [4.78, 5) is 36.4. The van der Waals surface area contributed by atoms with Crippen LogP contribution >= 0.6 is 23.4 Å². The average Bonchev–Trinajstić information content (AvgIpc) is 3.44. The van der Waals surface area contributed by atoms with Crippen molar-refractivity contribution in [2.75, 3.05) is 36.8 Å². The van der Waals surface area contributed by atoms with Gasteiger partial charge in [-0.2, -0.15) is 18.2 Å². The first kappa shape index (κ1) is 34.2. The van der Waals surface area contributed by atoms with Crippen molar-refractivity contribution in [3.63, 3.8) is 0 Å². The molecule has 0 unspecified atom stereocenters. The van der Waals surface area contributed by atoms with Gasteiger partial charge in [0.25, 0.3) is 0 Å². The van der Waals surface area contributed by atoms with E-state index in [9.17, 15) is 14.0 Å². The fourth-order valence-corrected chi connectivity index (χ4v) is 8.26. The second-order valence-corrected chi connectivity index (χ2v) is 13.4. The van der Waals surface area contributed by atoms with Crippen LogP contribution in [0.4, 0.5) is 27.8 Å². The summed E-state index contributed by atoms with van der Waals surface area (Å²) in [7, 11) is 0. The molecule has 3 atom stereocenters. The molecule has 3 aliphatic rings. The maximum atomic E-state index is 15.2. The normalized spacial score (nSPS) is 23.4. The number of hydrogen-bond donors (Lipinski definition) is 0. The van der Waals surface area contributed by atoms with Crippen molar-refractivity contribution >= 4 is 51.6 Å². The number of aromatic nitrogens is 2. The predicted molar refractivity (Wildman–Crippen MR) is 172 cm³/mol. The summed E-state index contributed by atoms with van der Waals surface area (Å²) in [6.07, 6.45) is -1.07. The topological polar surface area (TPSA) is 61.7 Å². The summed E-state index contributed by atoms with van der Waals surface area (Å²) in [6.45, 7) is 13.6. The van der Waals surface area contributed by atoms with Gasteiger partial charge < -0.3 is 9.80 Å². The van der Waals surface area contributed by atoms with Crippen LogP contribution in [-0.4, -0.2) is 75.3 Å². The number of likely N-dealkylation sites (tertiary alicyclic amines) is 1. The second kappa shape index (κ2) is 13.2. The maximum Gasteiger partial charge on any atom is 0.417 e. The molecule has 2 saturated heterocycles. The lowest BCUT2D eigenvalue weighted by molar-refractivity contribution is -0.137. The highest BCUT2D eigenvalue weighted by atomic mass is 35.5. The fourth-order valence-electron chi connectivity index (χ4n) is 6.75. The first-order chi connectivity index (χ1) is 21.6. The summed E-state index contributed by atoms with van der Waals surface area (Å²) >= 11 is 7.11. The average molecular weight is 684 g/mol. The number of benzene rings is 1. The third kappa shape index (κ3) is 6.37. The van der Waals surface area contributed by atoms with Crippen LogP contribution in [0.2, 0.25) is 0 Å². The molecule has 0 spiro atoms. The second-order valence-electron chi connectivity index (χ2n) is 12.0. The smallest absolute Gasteiger partial charge is 0.352 e. The molecule has 1 aromatic heterocycles. The Morgan fingerprint density at radius 2 is 1.76 bits per heavy atom. The number of carbonyl (C=O) groups excluding carboxylic acids is 1. The van der Waals surface area contributed by atoms with Crippen LogP contribution in [0.25, 0.3) is 16.5 Å². The lowest BCUT2D eigenvalue weighted by Gasteiger charge is -2.44. The van der Waals surface area contributed by atoms with Crippen LogP contribution in [0.5, 0.6) is 0 Å². The highest BCUT2D eigenvalue weighted by Crippen LogP contribution is 2.48. The van der Waals surface area contributed by atoms with Gasteiger partial charge in [-0.25, -0.2) is 13.6 Å². The number of amides is 1. The van der Waals surface area contributed by atoms with E-state index < -0.39 is 45.3 Å². The van der Waals surface area contributed by atoms with Crippen molar-refractivity contribution in [3.8, 4) is 0 Å². The van der Waals surface area contributed by atoms with E-state index >= 15 is 17.6 Å². The van der Waals surface area contributed by atoms with Gasteiger partial charge >= 0.3 is 11.9 Å². The molecule has 1 amide bonds. The summed E-state index contributed by atoms with van der Waals surface area (Å²) < 4.78 is 75.8. The zero-order valence-electron chi connectivity index (χ0n) is 25.8. The molecule has 7 nitrogen and oxygen atoms in total. The third-order valence-electron chi connectivity index (χ3n) is 8.78.